The molecule has 0 heterocycles. The van der Waals surface area contributed by atoms with E-state index in [4.69, 9.17) is 11.6 Å². The van der Waals surface area contributed by atoms with E-state index in [1.54, 1.807) is 17.8 Å². The van der Waals surface area contributed by atoms with Gasteiger partial charge < -0.3 is 10.4 Å². The summed E-state index contributed by atoms with van der Waals surface area (Å²) in [5, 5.41) is 23.5. The summed E-state index contributed by atoms with van der Waals surface area (Å²) in [6, 6.07) is 4.55. The van der Waals surface area contributed by atoms with E-state index in [1.807, 2.05) is 13.2 Å². The second-order valence-corrected chi connectivity index (χ2v) is 5.64. The van der Waals surface area contributed by atoms with E-state index in [-0.39, 0.29) is 23.6 Å². The van der Waals surface area contributed by atoms with Gasteiger partial charge in [0.05, 0.1) is 16.6 Å². The largest absolute Gasteiger partial charge is 0.395 e. The van der Waals surface area contributed by atoms with E-state index in [1.165, 1.54) is 12.1 Å². The average molecular weight is 305 g/mol. The monoisotopic (exact) mass is 304 g/mol. The van der Waals surface area contributed by atoms with Crippen LogP contribution in [0.5, 0.6) is 0 Å². The smallest absolute Gasteiger partial charge is 0.270 e. The number of hydrogen-bond acceptors (Lipinski definition) is 5. The van der Waals surface area contributed by atoms with Crippen molar-refractivity contribution in [3.8, 4) is 0 Å². The normalized spacial score (nSPS) is 14.1. The van der Waals surface area contributed by atoms with Crippen LogP contribution in [-0.4, -0.2) is 34.2 Å². The van der Waals surface area contributed by atoms with Crippen LogP contribution >= 0.6 is 23.4 Å². The summed E-state index contributed by atoms with van der Waals surface area (Å²) < 4.78 is 0. The lowest BCUT2D eigenvalue weighted by Gasteiger charge is -2.21. The van der Waals surface area contributed by atoms with Crippen molar-refractivity contribution < 1.29 is 10.0 Å². The van der Waals surface area contributed by atoms with Crippen LogP contribution in [0.3, 0.4) is 0 Å². The number of nitro groups is 1. The Morgan fingerprint density at radius 2 is 2.26 bits per heavy atom. The molecule has 0 spiro atoms. The molecule has 1 aromatic rings. The molecule has 7 heteroatoms. The molecule has 5 nitrogen and oxygen atoms in total. The number of aliphatic hydroxyl groups is 1. The van der Waals surface area contributed by atoms with Gasteiger partial charge in [-0.05, 0) is 24.8 Å². The number of thioether (sulfide) groups is 1. The first-order valence-corrected chi connectivity index (χ1v) is 7.46. The molecule has 0 aliphatic rings. The van der Waals surface area contributed by atoms with Crippen LogP contribution in [0.4, 0.5) is 5.69 Å². The third-order valence-corrected chi connectivity index (χ3v) is 4.42. The molecule has 1 rings (SSSR count). The molecule has 0 amide bonds. The molecule has 0 aromatic heterocycles. The average Bonchev–Trinajstić information content (AvgIpc) is 2.38. The molecular weight excluding hydrogens is 288 g/mol. The third kappa shape index (κ3) is 4.65. The first-order chi connectivity index (χ1) is 8.99. The highest BCUT2D eigenvalue weighted by atomic mass is 35.5. The van der Waals surface area contributed by atoms with Gasteiger partial charge in [-0.2, -0.15) is 11.8 Å². The molecule has 0 fully saturated rings. The van der Waals surface area contributed by atoms with Gasteiger partial charge in [0.15, 0.2) is 0 Å². The number of nitrogens with zero attached hydrogens (tertiary/aromatic N) is 1. The van der Waals surface area contributed by atoms with E-state index in [0.29, 0.717) is 11.6 Å². The second-order valence-electron chi connectivity index (χ2n) is 4.16. The molecule has 0 radical (unpaired) electrons. The van der Waals surface area contributed by atoms with Gasteiger partial charge in [-0.25, -0.2) is 0 Å². The van der Waals surface area contributed by atoms with Crippen LogP contribution in [0.2, 0.25) is 5.02 Å². The zero-order valence-electron chi connectivity index (χ0n) is 10.8. The van der Waals surface area contributed by atoms with Crippen molar-refractivity contribution in [3.05, 3.63) is 38.9 Å². The van der Waals surface area contributed by atoms with Gasteiger partial charge in [0.2, 0.25) is 0 Å². The summed E-state index contributed by atoms with van der Waals surface area (Å²) in [5.74, 6) is 0. The number of aliphatic hydroxyl groups excluding tert-OH is 1. The zero-order chi connectivity index (χ0) is 14.4. The molecule has 0 bridgehead atoms. The van der Waals surface area contributed by atoms with Crippen molar-refractivity contribution in [1.29, 1.82) is 0 Å². The number of nitro benzene ring substituents is 1. The summed E-state index contributed by atoms with van der Waals surface area (Å²) in [7, 11) is 0. The molecule has 2 atom stereocenters. The molecule has 19 heavy (non-hydrogen) atoms. The van der Waals surface area contributed by atoms with E-state index < -0.39 is 4.92 Å². The second kappa shape index (κ2) is 7.69. The molecule has 0 saturated carbocycles. The molecule has 106 valence electrons. The standard InChI is InChI=1S/C12H17ClN2O3S/c1-8(12(7-16)19-2)14-6-9-3-4-10(15(17)18)5-11(9)13/h3-5,8,12,14,16H,6-7H2,1-2H3. The maximum atomic E-state index is 10.6. The third-order valence-electron chi connectivity index (χ3n) is 2.90. The summed E-state index contributed by atoms with van der Waals surface area (Å²) >= 11 is 7.59. The fourth-order valence-electron chi connectivity index (χ4n) is 1.63. The van der Waals surface area contributed by atoms with Gasteiger partial charge in [0.25, 0.3) is 5.69 Å². The Kier molecular flexibility index (Phi) is 6.57. The minimum absolute atomic E-state index is 0.0147. The first-order valence-electron chi connectivity index (χ1n) is 5.79. The molecule has 0 aliphatic heterocycles. The SMILES string of the molecule is CSC(CO)C(C)NCc1ccc([N+](=O)[O-])cc1Cl. The lowest BCUT2D eigenvalue weighted by molar-refractivity contribution is -0.384. The minimum atomic E-state index is -0.471. The number of benzene rings is 1. The lowest BCUT2D eigenvalue weighted by atomic mass is 10.1. The van der Waals surface area contributed by atoms with E-state index in [9.17, 15) is 15.2 Å². The van der Waals surface area contributed by atoms with Crippen molar-refractivity contribution in [3.63, 3.8) is 0 Å². The first kappa shape index (κ1) is 16.2. The minimum Gasteiger partial charge on any atom is -0.395 e. The molecular formula is C12H17ClN2O3S. The Hall–Kier alpha value is -0.820. The van der Waals surface area contributed by atoms with E-state index in [2.05, 4.69) is 5.32 Å². The number of nitrogens with one attached hydrogen (secondary N) is 1. The van der Waals surface area contributed by atoms with Crippen LogP contribution in [0, 0.1) is 10.1 Å². The topological polar surface area (TPSA) is 75.4 Å². The van der Waals surface area contributed by atoms with Crippen LogP contribution in [0.25, 0.3) is 0 Å². The summed E-state index contributed by atoms with van der Waals surface area (Å²) in [4.78, 5) is 10.1. The van der Waals surface area contributed by atoms with Gasteiger partial charge in [-0.3, -0.25) is 10.1 Å². The van der Waals surface area contributed by atoms with Crippen LogP contribution < -0.4 is 5.32 Å². The molecule has 2 unspecified atom stereocenters. The number of rotatable bonds is 7. The fraction of sp³-hybridized carbons (Fsp3) is 0.500. The fourth-order valence-corrected chi connectivity index (χ4v) is 2.53. The van der Waals surface area contributed by atoms with Crippen LogP contribution in [0.1, 0.15) is 12.5 Å². The van der Waals surface area contributed by atoms with Gasteiger partial charge in [-0.15, -0.1) is 0 Å². The number of non-ortho nitro benzene ring substituents is 1. The van der Waals surface area contributed by atoms with Gasteiger partial charge in [-0.1, -0.05) is 11.6 Å². The predicted molar refractivity (Wildman–Crippen MR) is 78.8 cm³/mol. The maximum Gasteiger partial charge on any atom is 0.270 e. The Balaban J connectivity index is 2.65. The van der Waals surface area contributed by atoms with Gasteiger partial charge >= 0.3 is 0 Å². The predicted octanol–water partition coefficient (Wildman–Crippen LogP) is 2.45. The van der Waals surface area contributed by atoms with Crippen LogP contribution in [-0.2, 0) is 6.54 Å². The maximum absolute atomic E-state index is 10.6. The molecule has 2 N–H and O–H groups in total. The lowest BCUT2D eigenvalue weighted by Crippen LogP contribution is -2.37. The van der Waals surface area contributed by atoms with Crippen molar-refractivity contribution in [1.82, 2.24) is 5.32 Å². The van der Waals surface area contributed by atoms with Crippen molar-refractivity contribution in [2.24, 2.45) is 0 Å². The summed E-state index contributed by atoms with van der Waals surface area (Å²) in [6.07, 6.45) is 1.94. The Morgan fingerprint density at radius 1 is 1.58 bits per heavy atom. The Morgan fingerprint density at radius 3 is 2.74 bits per heavy atom. The van der Waals surface area contributed by atoms with E-state index in [0.717, 1.165) is 5.56 Å². The van der Waals surface area contributed by atoms with Gasteiger partial charge in [0, 0.05) is 30.0 Å². The highest BCUT2D eigenvalue weighted by molar-refractivity contribution is 7.99. The molecule has 0 aliphatic carbocycles. The highest BCUT2D eigenvalue weighted by Crippen LogP contribution is 2.22. The van der Waals surface area contributed by atoms with Crippen molar-refractivity contribution in [2.75, 3.05) is 12.9 Å². The Bertz CT molecular complexity index is 441. The summed E-state index contributed by atoms with van der Waals surface area (Å²) in [5.41, 5.74) is 0.788. The number of hydrogen-bond donors (Lipinski definition) is 2. The van der Waals surface area contributed by atoms with Crippen molar-refractivity contribution in [2.45, 2.75) is 24.8 Å². The van der Waals surface area contributed by atoms with Gasteiger partial charge in [0.1, 0.15) is 0 Å². The zero-order valence-corrected chi connectivity index (χ0v) is 12.4. The highest BCUT2D eigenvalue weighted by Gasteiger charge is 2.15. The quantitative estimate of drug-likeness (QED) is 0.598. The Labute approximate surface area is 121 Å². The summed E-state index contributed by atoms with van der Waals surface area (Å²) in [6.45, 7) is 2.59. The van der Waals surface area contributed by atoms with E-state index >= 15 is 0 Å². The van der Waals surface area contributed by atoms with Crippen molar-refractivity contribution >= 4 is 29.1 Å². The molecule has 0 saturated heterocycles. The molecule has 1 aromatic carbocycles. The van der Waals surface area contributed by atoms with Crippen LogP contribution in [0.15, 0.2) is 18.2 Å². The number of halogens is 1.